The van der Waals surface area contributed by atoms with E-state index in [1.807, 2.05) is 49.4 Å². The predicted molar refractivity (Wildman–Crippen MR) is 121 cm³/mol. The van der Waals surface area contributed by atoms with Gasteiger partial charge in [-0.1, -0.05) is 66.2 Å². The smallest absolute Gasteiger partial charge is 0.261 e. The minimum absolute atomic E-state index is 0.122. The molecule has 3 nitrogen and oxygen atoms in total. The first kappa shape index (κ1) is 20.2. The largest absolute Gasteiger partial charge is 0.481 e. The summed E-state index contributed by atoms with van der Waals surface area (Å²) in [5.41, 5.74) is 6.05. The number of carbonyl (C=O) groups excluding carboxylic acids is 1. The summed E-state index contributed by atoms with van der Waals surface area (Å²) in [6.07, 6.45) is 4.13. The molecule has 0 aliphatic heterocycles. The van der Waals surface area contributed by atoms with E-state index in [0.29, 0.717) is 0 Å². The fraction of sp³-hybridized carbons (Fsp3) is 0.296. The molecule has 1 N–H and O–H groups in total. The maximum Gasteiger partial charge on any atom is 0.261 e. The van der Waals surface area contributed by atoms with Crippen molar-refractivity contribution in [2.24, 2.45) is 0 Å². The van der Waals surface area contributed by atoms with E-state index >= 15 is 0 Å². The molecule has 0 saturated heterocycles. The van der Waals surface area contributed by atoms with E-state index in [9.17, 15) is 4.79 Å². The van der Waals surface area contributed by atoms with Gasteiger partial charge in [0.2, 0.25) is 0 Å². The summed E-state index contributed by atoms with van der Waals surface area (Å²) in [5, 5.41) is 3.20. The van der Waals surface area contributed by atoms with Gasteiger partial charge in [-0.15, -0.1) is 0 Å². The quantitative estimate of drug-likeness (QED) is 0.590. The van der Waals surface area contributed by atoms with Crippen molar-refractivity contribution >= 4 is 5.91 Å². The number of amides is 1. The lowest BCUT2D eigenvalue weighted by atomic mass is 9.92. The fourth-order valence-electron chi connectivity index (χ4n) is 4.15. The monoisotopic (exact) mass is 399 g/mol. The Hall–Kier alpha value is -3.07. The van der Waals surface area contributed by atoms with Crippen LogP contribution in [0.15, 0.2) is 72.8 Å². The molecule has 1 amide bonds. The summed E-state index contributed by atoms with van der Waals surface area (Å²) < 4.78 is 6.03. The Morgan fingerprint density at radius 1 is 0.867 bits per heavy atom. The van der Waals surface area contributed by atoms with Gasteiger partial charge in [-0.2, -0.15) is 0 Å². The molecule has 3 heteroatoms. The highest BCUT2D eigenvalue weighted by Crippen LogP contribution is 2.27. The third kappa shape index (κ3) is 4.73. The van der Waals surface area contributed by atoms with Crippen molar-refractivity contribution in [3.05, 3.63) is 101 Å². The number of fused-ring (bicyclic) bond motifs is 1. The zero-order valence-corrected chi connectivity index (χ0v) is 17.7. The molecule has 0 bridgehead atoms. The molecule has 2 atom stereocenters. The highest BCUT2D eigenvalue weighted by molar-refractivity contribution is 5.81. The second-order valence-corrected chi connectivity index (χ2v) is 8.16. The first-order valence-electron chi connectivity index (χ1n) is 10.8. The highest BCUT2D eigenvalue weighted by Gasteiger charge is 2.22. The van der Waals surface area contributed by atoms with Crippen LogP contribution in [0.3, 0.4) is 0 Å². The summed E-state index contributed by atoms with van der Waals surface area (Å²) in [7, 11) is 0. The van der Waals surface area contributed by atoms with Gasteiger partial charge in [-0.3, -0.25) is 4.79 Å². The molecule has 0 heterocycles. The normalized spacial score (nSPS) is 15.0. The molecule has 0 fully saturated rings. The molecule has 0 aromatic heterocycles. The zero-order valence-electron chi connectivity index (χ0n) is 17.7. The standard InChI is InChI=1S/C27H29NO2/c1-19-9-8-14-24(17-19)26(22-11-4-3-5-12-22)28-27(29)20(2)30-25-16-15-21-10-6-7-13-23(21)18-25/h3-5,8-9,11-12,14-18,20,26H,6-7,10,13H2,1-2H3,(H,28,29)/t20-,26-/m0/s1. The van der Waals surface area contributed by atoms with Crippen LogP contribution in [0.2, 0.25) is 0 Å². The minimum atomic E-state index is -0.581. The molecule has 154 valence electrons. The van der Waals surface area contributed by atoms with Gasteiger partial charge in [0.1, 0.15) is 5.75 Å². The summed E-state index contributed by atoms with van der Waals surface area (Å²) in [5.74, 6) is 0.646. The van der Waals surface area contributed by atoms with Crippen LogP contribution in [0.4, 0.5) is 0 Å². The lowest BCUT2D eigenvalue weighted by Gasteiger charge is -2.23. The average Bonchev–Trinajstić information content (AvgIpc) is 2.77. The zero-order chi connectivity index (χ0) is 20.9. The van der Waals surface area contributed by atoms with Crippen molar-refractivity contribution in [3.63, 3.8) is 0 Å². The number of benzene rings is 3. The molecule has 30 heavy (non-hydrogen) atoms. The molecule has 1 aliphatic carbocycles. The van der Waals surface area contributed by atoms with Crippen LogP contribution in [0, 0.1) is 6.92 Å². The molecular formula is C27H29NO2. The van der Waals surface area contributed by atoms with Crippen LogP contribution in [0.1, 0.15) is 53.6 Å². The summed E-state index contributed by atoms with van der Waals surface area (Å²) >= 11 is 0. The van der Waals surface area contributed by atoms with E-state index in [-0.39, 0.29) is 11.9 Å². The Morgan fingerprint density at radius 3 is 2.37 bits per heavy atom. The molecule has 0 saturated carbocycles. The van der Waals surface area contributed by atoms with Gasteiger partial charge in [0.05, 0.1) is 6.04 Å². The van der Waals surface area contributed by atoms with Gasteiger partial charge >= 0.3 is 0 Å². The van der Waals surface area contributed by atoms with Gasteiger partial charge in [-0.25, -0.2) is 0 Å². The van der Waals surface area contributed by atoms with E-state index in [2.05, 4.69) is 42.6 Å². The Balaban J connectivity index is 1.50. The summed E-state index contributed by atoms with van der Waals surface area (Å²) in [6, 6.07) is 24.4. The third-order valence-corrected chi connectivity index (χ3v) is 5.80. The third-order valence-electron chi connectivity index (χ3n) is 5.80. The van der Waals surface area contributed by atoms with Gasteiger partial charge < -0.3 is 10.1 Å². The Morgan fingerprint density at radius 2 is 1.60 bits per heavy atom. The van der Waals surface area contributed by atoms with Crippen LogP contribution < -0.4 is 10.1 Å². The first-order chi connectivity index (χ1) is 14.6. The van der Waals surface area contributed by atoms with Crippen LogP contribution in [-0.2, 0) is 17.6 Å². The Labute approximate surface area is 179 Å². The Bertz CT molecular complexity index is 1010. The molecule has 0 spiro atoms. The minimum Gasteiger partial charge on any atom is -0.481 e. The van der Waals surface area contributed by atoms with Crippen molar-refractivity contribution in [1.29, 1.82) is 0 Å². The fourth-order valence-corrected chi connectivity index (χ4v) is 4.15. The van der Waals surface area contributed by atoms with Crippen molar-refractivity contribution in [3.8, 4) is 5.75 Å². The van der Waals surface area contributed by atoms with E-state index in [4.69, 9.17) is 4.74 Å². The number of rotatable bonds is 6. The topological polar surface area (TPSA) is 38.3 Å². The lowest BCUT2D eigenvalue weighted by Crippen LogP contribution is -2.39. The van der Waals surface area contributed by atoms with Gasteiger partial charge in [0.15, 0.2) is 6.10 Å². The number of nitrogens with one attached hydrogen (secondary N) is 1. The van der Waals surface area contributed by atoms with Crippen LogP contribution in [0.25, 0.3) is 0 Å². The number of hydrogen-bond donors (Lipinski definition) is 1. The van der Waals surface area contributed by atoms with Crippen molar-refractivity contribution < 1.29 is 9.53 Å². The molecule has 3 aromatic rings. The van der Waals surface area contributed by atoms with E-state index in [0.717, 1.165) is 29.7 Å². The summed E-state index contributed by atoms with van der Waals surface area (Å²) in [4.78, 5) is 13.0. The van der Waals surface area contributed by atoms with Crippen LogP contribution in [0.5, 0.6) is 5.75 Å². The van der Waals surface area contributed by atoms with E-state index in [1.165, 1.54) is 29.5 Å². The molecule has 0 radical (unpaired) electrons. The Kier molecular flexibility index (Phi) is 6.18. The van der Waals surface area contributed by atoms with E-state index < -0.39 is 6.10 Å². The number of ether oxygens (including phenoxy) is 1. The van der Waals surface area contributed by atoms with Crippen molar-refractivity contribution in [1.82, 2.24) is 5.32 Å². The number of aryl methyl sites for hydroxylation is 3. The first-order valence-corrected chi connectivity index (χ1v) is 10.8. The number of carbonyl (C=O) groups is 1. The maximum atomic E-state index is 13.0. The molecule has 4 rings (SSSR count). The lowest BCUT2D eigenvalue weighted by molar-refractivity contribution is -0.127. The van der Waals surface area contributed by atoms with Crippen LogP contribution in [-0.4, -0.2) is 12.0 Å². The van der Waals surface area contributed by atoms with Gasteiger partial charge in [-0.05, 0) is 73.9 Å². The second-order valence-electron chi connectivity index (χ2n) is 8.16. The predicted octanol–water partition coefficient (Wildman–Crippen LogP) is 5.55. The highest BCUT2D eigenvalue weighted by atomic mass is 16.5. The van der Waals surface area contributed by atoms with Crippen molar-refractivity contribution in [2.45, 2.75) is 51.7 Å². The van der Waals surface area contributed by atoms with E-state index in [1.54, 1.807) is 0 Å². The molecular weight excluding hydrogens is 370 g/mol. The van der Waals surface area contributed by atoms with Gasteiger partial charge in [0.25, 0.3) is 5.91 Å². The molecule has 0 unspecified atom stereocenters. The summed E-state index contributed by atoms with van der Waals surface area (Å²) in [6.45, 7) is 3.88. The number of hydrogen-bond acceptors (Lipinski definition) is 2. The SMILES string of the molecule is Cc1cccc([C@@H](NC(=O)[C@H](C)Oc2ccc3c(c2)CCCC3)c2ccccc2)c1. The van der Waals surface area contributed by atoms with Gasteiger partial charge in [0, 0.05) is 0 Å². The molecule has 3 aromatic carbocycles. The molecule has 1 aliphatic rings. The second kappa shape index (κ2) is 9.17. The maximum absolute atomic E-state index is 13.0. The van der Waals surface area contributed by atoms with Crippen molar-refractivity contribution in [2.75, 3.05) is 0 Å². The average molecular weight is 400 g/mol. The van der Waals surface area contributed by atoms with Crippen LogP contribution >= 0.6 is 0 Å².